The van der Waals surface area contributed by atoms with E-state index in [1.54, 1.807) is 6.07 Å². The Bertz CT molecular complexity index is 496. The van der Waals surface area contributed by atoms with Gasteiger partial charge in [0.15, 0.2) is 0 Å². The largest absolute Gasteiger partial charge is 0.494 e. The molecule has 2 rings (SSSR count). The lowest BCUT2D eigenvalue weighted by atomic mass is 10.1. The Kier molecular flexibility index (Phi) is 7.48. The molecule has 1 aliphatic rings. The zero-order valence-corrected chi connectivity index (χ0v) is 13.9. The van der Waals surface area contributed by atoms with E-state index in [4.69, 9.17) is 15.2 Å². The molecule has 1 aromatic carbocycles. The number of rotatable bonds is 6. The first-order chi connectivity index (χ1) is 10.1. The molecule has 0 aromatic heterocycles. The molecule has 1 amide bonds. The lowest BCUT2D eigenvalue weighted by molar-refractivity contribution is -0.119. The minimum atomic E-state index is -0.00905. The maximum absolute atomic E-state index is 12.3. The van der Waals surface area contributed by atoms with E-state index in [1.807, 2.05) is 26.0 Å². The van der Waals surface area contributed by atoms with Crippen LogP contribution in [0.1, 0.15) is 33.1 Å². The maximum Gasteiger partial charge on any atom is 0.227 e. The van der Waals surface area contributed by atoms with Gasteiger partial charge in [0.2, 0.25) is 5.91 Å². The van der Waals surface area contributed by atoms with Crippen LogP contribution in [0.4, 0.5) is 5.69 Å². The van der Waals surface area contributed by atoms with Gasteiger partial charge >= 0.3 is 0 Å². The van der Waals surface area contributed by atoms with Gasteiger partial charge in [-0.05, 0) is 45.2 Å². The summed E-state index contributed by atoms with van der Waals surface area (Å²) in [6.45, 7) is 4.97. The minimum Gasteiger partial charge on any atom is -0.494 e. The van der Waals surface area contributed by atoms with Gasteiger partial charge in [-0.15, -0.1) is 12.4 Å². The molecule has 0 aliphatic heterocycles. The monoisotopic (exact) mass is 328 g/mol. The van der Waals surface area contributed by atoms with Crippen LogP contribution in [0, 0.1) is 5.92 Å². The van der Waals surface area contributed by atoms with Crippen LogP contribution in [0.3, 0.4) is 0 Å². The molecule has 1 saturated carbocycles. The summed E-state index contributed by atoms with van der Waals surface area (Å²) in [5, 5.41) is 2.96. The molecular formula is C16H25ClN2O3. The van der Waals surface area contributed by atoms with E-state index in [0.717, 1.165) is 25.0 Å². The molecule has 0 heterocycles. The molecule has 0 bridgehead atoms. The molecule has 6 heteroatoms. The van der Waals surface area contributed by atoms with E-state index in [9.17, 15) is 4.79 Å². The van der Waals surface area contributed by atoms with Crippen molar-refractivity contribution in [1.29, 1.82) is 0 Å². The van der Waals surface area contributed by atoms with E-state index in [1.165, 1.54) is 0 Å². The summed E-state index contributed by atoms with van der Waals surface area (Å²) in [5.74, 6) is 1.39. The van der Waals surface area contributed by atoms with Crippen LogP contribution in [0.5, 0.6) is 11.5 Å². The van der Waals surface area contributed by atoms with Crippen molar-refractivity contribution in [3.8, 4) is 11.5 Å². The highest BCUT2D eigenvalue weighted by atomic mass is 35.5. The molecule has 2 atom stereocenters. The van der Waals surface area contributed by atoms with Crippen LogP contribution in [-0.2, 0) is 4.79 Å². The second-order valence-corrected chi connectivity index (χ2v) is 5.28. The number of nitrogens with one attached hydrogen (secondary N) is 1. The fourth-order valence-electron chi connectivity index (χ4n) is 2.63. The third-order valence-corrected chi connectivity index (χ3v) is 3.66. The maximum atomic E-state index is 12.3. The predicted octanol–water partition coefficient (Wildman–Crippen LogP) is 2.97. The highest BCUT2D eigenvalue weighted by Gasteiger charge is 2.28. The number of benzene rings is 1. The summed E-state index contributed by atoms with van der Waals surface area (Å²) >= 11 is 0. The number of hydrogen-bond donors (Lipinski definition) is 2. The first-order valence-corrected chi connectivity index (χ1v) is 7.60. The topological polar surface area (TPSA) is 73.6 Å². The first-order valence-electron chi connectivity index (χ1n) is 7.60. The van der Waals surface area contributed by atoms with Gasteiger partial charge < -0.3 is 20.5 Å². The Hall–Kier alpha value is -1.46. The van der Waals surface area contributed by atoms with Gasteiger partial charge in [-0.3, -0.25) is 4.79 Å². The highest BCUT2D eigenvalue weighted by molar-refractivity contribution is 5.94. The number of anilines is 1. The summed E-state index contributed by atoms with van der Waals surface area (Å²) in [6.07, 6.45) is 2.51. The fourth-order valence-corrected chi connectivity index (χ4v) is 2.63. The number of ether oxygens (including phenoxy) is 2. The van der Waals surface area contributed by atoms with Crippen molar-refractivity contribution in [3.05, 3.63) is 18.2 Å². The summed E-state index contributed by atoms with van der Waals surface area (Å²) in [6, 6.07) is 5.61. The molecule has 1 aromatic rings. The minimum absolute atomic E-state index is 0. The third kappa shape index (κ3) is 4.78. The molecule has 0 saturated heterocycles. The summed E-state index contributed by atoms with van der Waals surface area (Å²) < 4.78 is 11.0. The van der Waals surface area contributed by atoms with Crippen molar-refractivity contribution in [2.45, 2.75) is 39.2 Å². The zero-order valence-electron chi connectivity index (χ0n) is 13.1. The molecule has 0 spiro atoms. The molecule has 2 unspecified atom stereocenters. The van der Waals surface area contributed by atoms with Gasteiger partial charge in [-0.25, -0.2) is 0 Å². The Balaban J connectivity index is 0.00000242. The molecule has 3 N–H and O–H groups in total. The van der Waals surface area contributed by atoms with Crippen LogP contribution in [0.25, 0.3) is 0 Å². The average molecular weight is 329 g/mol. The van der Waals surface area contributed by atoms with Crippen LogP contribution in [0.15, 0.2) is 18.2 Å². The van der Waals surface area contributed by atoms with Crippen molar-refractivity contribution < 1.29 is 14.3 Å². The normalized spacial score (nSPS) is 20.1. The van der Waals surface area contributed by atoms with Gasteiger partial charge in [0.05, 0.1) is 18.9 Å². The van der Waals surface area contributed by atoms with Gasteiger partial charge in [0.1, 0.15) is 11.5 Å². The van der Waals surface area contributed by atoms with Crippen LogP contribution < -0.4 is 20.5 Å². The van der Waals surface area contributed by atoms with E-state index in [0.29, 0.717) is 24.7 Å². The zero-order chi connectivity index (χ0) is 15.2. The lowest BCUT2D eigenvalue weighted by Crippen LogP contribution is -2.23. The smallest absolute Gasteiger partial charge is 0.227 e. The Morgan fingerprint density at radius 2 is 2.00 bits per heavy atom. The van der Waals surface area contributed by atoms with Gasteiger partial charge in [0, 0.05) is 18.0 Å². The van der Waals surface area contributed by atoms with Crippen molar-refractivity contribution in [2.75, 3.05) is 18.5 Å². The van der Waals surface area contributed by atoms with Gasteiger partial charge in [-0.1, -0.05) is 0 Å². The first kappa shape index (κ1) is 18.6. The SMILES string of the molecule is CCOc1ccc(OCC)c(NC(=O)C2CCC(N)C2)c1.Cl. The van der Waals surface area contributed by atoms with Crippen molar-refractivity contribution in [1.82, 2.24) is 0 Å². The number of carbonyl (C=O) groups excluding carboxylic acids is 1. The second-order valence-electron chi connectivity index (χ2n) is 5.28. The molecule has 124 valence electrons. The van der Waals surface area contributed by atoms with Crippen molar-refractivity contribution in [2.24, 2.45) is 11.7 Å². The van der Waals surface area contributed by atoms with Crippen molar-refractivity contribution >= 4 is 24.0 Å². The van der Waals surface area contributed by atoms with Gasteiger partial charge in [0.25, 0.3) is 0 Å². The Morgan fingerprint density at radius 3 is 2.59 bits per heavy atom. The predicted molar refractivity (Wildman–Crippen MR) is 90.0 cm³/mol. The van der Waals surface area contributed by atoms with E-state index < -0.39 is 0 Å². The number of nitrogens with two attached hydrogens (primary N) is 1. The number of halogens is 1. The van der Waals surface area contributed by atoms with Crippen LogP contribution >= 0.6 is 12.4 Å². The van der Waals surface area contributed by atoms with E-state index >= 15 is 0 Å². The molecule has 1 aliphatic carbocycles. The second kappa shape index (κ2) is 8.86. The Labute approximate surface area is 138 Å². The van der Waals surface area contributed by atoms with Crippen LogP contribution in [0.2, 0.25) is 0 Å². The number of hydrogen-bond acceptors (Lipinski definition) is 4. The Morgan fingerprint density at radius 1 is 1.27 bits per heavy atom. The quantitative estimate of drug-likeness (QED) is 0.842. The van der Waals surface area contributed by atoms with E-state index in [-0.39, 0.29) is 30.3 Å². The summed E-state index contributed by atoms with van der Waals surface area (Å²) in [7, 11) is 0. The average Bonchev–Trinajstić information content (AvgIpc) is 2.89. The van der Waals surface area contributed by atoms with Gasteiger partial charge in [-0.2, -0.15) is 0 Å². The highest BCUT2D eigenvalue weighted by Crippen LogP contribution is 2.31. The third-order valence-electron chi connectivity index (χ3n) is 3.66. The lowest BCUT2D eigenvalue weighted by Gasteiger charge is -2.15. The number of carbonyl (C=O) groups is 1. The fraction of sp³-hybridized carbons (Fsp3) is 0.562. The van der Waals surface area contributed by atoms with Crippen LogP contribution in [-0.4, -0.2) is 25.2 Å². The molecule has 1 fully saturated rings. The van der Waals surface area contributed by atoms with Crippen molar-refractivity contribution in [3.63, 3.8) is 0 Å². The standard InChI is InChI=1S/C16H24N2O3.ClH/c1-3-20-13-7-8-15(21-4-2)14(10-13)18-16(19)11-5-6-12(17)9-11;/h7-8,10-12H,3-6,9,17H2,1-2H3,(H,18,19);1H. The summed E-state index contributed by atoms with van der Waals surface area (Å²) in [5.41, 5.74) is 6.53. The summed E-state index contributed by atoms with van der Waals surface area (Å²) in [4.78, 5) is 12.3. The molecule has 5 nitrogen and oxygen atoms in total. The number of amides is 1. The molecule has 22 heavy (non-hydrogen) atoms. The van der Waals surface area contributed by atoms with E-state index in [2.05, 4.69) is 5.32 Å². The molecule has 0 radical (unpaired) electrons. The molecular weight excluding hydrogens is 304 g/mol.